The molecule has 30 heavy (non-hydrogen) atoms. The highest BCUT2D eigenvalue weighted by Gasteiger charge is 2.39. The smallest absolute Gasteiger partial charge is 0.309 e. The van der Waals surface area contributed by atoms with E-state index in [0.29, 0.717) is 18.2 Å². The molecule has 6 nitrogen and oxygen atoms in total. The highest BCUT2D eigenvalue weighted by Crippen LogP contribution is 2.39. The highest BCUT2D eigenvalue weighted by atomic mass is 32.1. The number of piperidine rings is 1. The predicted octanol–water partition coefficient (Wildman–Crippen LogP) is 5.17. The molecule has 0 aromatic carbocycles. The topological polar surface area (TPSA) is 68.5 Å². The first-order chi connectivity index (χ1) is 14.3. The number of nitrogens with zero attached hydrogens (tertiary/aromatic N) is 3. The fourth-order valence-electron chi connectivity index (χ4n) is 4.27. The number of methoxy groups -OCH3 is 1. The van der Waals surface area contributed by atoms with Crippen molar-refractivity contribution in [2.75, 3.05) is 20.2 Å². The summed E-state index contributed by atoms with van der Waals surface area (Å²) in [7, 11) is 1.47. The number of esters is 1. The van der Waals surface area contributed by atoms with Gasteiger partial charge in [-0.3, -0.25) is 14.7 Å². The number of pyridine rings is 1. The van der Waals surface area contributed by atoms with Crippen LogP contribution in [0.4, 0.5) is 0 Å². The molecule has 7 heteroatoms. The lowest BCUT2D eigenvalue weighted by Crippen LogP contribution is -2.48. The summed E-state index contributed by atoms with van der Waals surface area (Å²) in [5, 5.41) is 7.58. The van der Waals surface area contributed by atoms with Crippen molar-refractivity contribution in [3.8, 4) is 11.5 Å². The maximum atomic E-state index is 12.3. The molecule has 0 radical (unpaired) electrons. The highest BCUT2D eigenvalue weighted by molar-refractivity contribution is 7.17. The second-order valence-corrected chi connectivity index (χ2v) is 10.2. The molecule has 1 aliphatic rings. The first-order valence-corrected chi connectivity index (χ1v) is 11.3. The summed E-state index contributed by atoms with van der Waals surface area (Å²) in [5.41, 5.74) is 1.80. The van der Waals surface area contributed by atoms with Crippen LogP contribution in [0.2, 0.25) is 0 Å². The predicted molar refractivity (Wildman–Crippen MR) is 118 cm³/mol. The minimum Gasteiger partial charge on any atom is -0.469 e. The lowest BCUT2D eigenvalue weighted by Gasteiger charge is -2.44. The number of aromatic nitrogens is 2. The van der Waals surface area contributed by atoms with E-state index in [1.807, 2.05) is 12.1 Å². The number of rotatable bonds is 4. The van der Waals surface area contributed by atoms with E-state index in [9.17, 15) is 4.79 Å². The summed E-state index contributed by atoms with van der Waals surface area (Å²) in [6, 6.07) is 6.10. The van der Waals surface area contributed by atoms with Crippen LogP contribution in [0, 0.1) is 17.3 Å². The molecule has 4 heterocycles. The first-order valence-electron chi connectivity index (χ1n) is 10.4. The van der Waals surface area contributed by atoms with Gasteiger partial charge in [0.2, 0.25) is 0 Å². The van der Waals surface area contributed by atoms with Gasteiger partial charge in [-0.2, -0.15) is 0 Å². The number of thiophene rings is 1. The zero-order valence-electron chi connectivity index (χ0n) is 18.2. The number of carbonyl (C=O) groups is 1. The normalized spacial score (nSPS) is 21.6. The van der Waals surface area contributed by atoms with Crippen LogP contribution in [0.5, 0.6) is 0 Å². The van der Waals surface area contributed by atoms with Gasteiger partial charge in [0, 0.05) is 25.4 Å². The lowest BCUT2D eigenvalue weighted by atomic mass is 9.73. The molecule has 0 bridgehead atoms. The number of hydrogen-bond donors (Lipinski definition) is 0. The van der Waals surface area contributed by atoms with Gasteiger partial charge in [-0.25, -0.2) is 0 Å². The van der Waals surface area contributed by atoms with Gasteiger partial charge in [0.25, 0.3) is 0 Å². The molecule has 3 aromatic heterocycles. The Morgan fingerprint density at radius 1 is 1.33 bits per heavy atom. The summed E-state index contributed by atoms with van der Waals surface area (Å²) >= 11 is 1.65. The molecule has 0 N–H and O–H groups in total. The van der Waals surface area contributed by atoms with Crippen molar-refractivity contribution in [1.82, 2.24) is 15.0 Å². The van der Waals surface area contributed by atoms with Crippen molar-refractivity contribution in [2.45, 2.75) is 40.2 Å². The van der Waals surface area contributed by atoms with E-state index in [0.717, 1.165) is 34.4 Å². The quantitative estimate of drug-likeness (QED) is 0.535. The van der Waals surface area contributed by atoms with Gasteiger partial charge in [-0.15, -0.1) is 11.3 Å². The number of ether oxygens (including phenoxy) is 1. The van der Waals surface area contributed by atoms with Crippen molar-refractivity contribution in [2.24, 2.45) is 17.3 Å². The Balaban J connectivity index is 1.60. The molecule has 3 atom stereocenters. The van der Waals surface area contributed by atoms with Crippen LogP contribution in [0.3, 0.4) is 0 Å². The van der Waals surface area contributed by atoms with Crippen molar-refractivity contribution in [3.63, 3.8) is 0 Å². The fraction of sp³-hybridized carbons (Fsp3) is 0.522. The third kappa shape index (κ3) is 4.01. The Labute approximate surface area is 181 Å². The second-order valence-electron chi connectivity index (χ2n) is 9.26. The van der Waals surface area contributed by atoms with Crippen LogP contribution in [0.25, 0.3) is 21.5 Å². The zero-order chi connectivity index (χ0) is 21.5. The van der Waals surface area contributed by atoms with E-state index in [1.54, 1.807) is 17.5 Å². The second kappa shape index (κ2) is 8.12. The van der Waals surface area contributed by atoms with Gasteiger partial charge in [0.05, 0.1) is 23.8 Å². The third-order valence-electron chi connectivity index (χ3n) is 6.34. The third-order valence-corrected chi connectivity index (χ3v) is 7.28. The Hall–Kier alpha value is -2.25. The van der Waals surface area contributed by atoms with Crippen molar-refractivity contribution < 1.29 is 14.1 Å². The van der Waals surface area contributed by atoms with Gasteiger partial charge in [0.1, 0.15) is 11.4 Å². The van der Waals surface area contributed by atoms with Crippen LogP contribution in [0.1, 0.15) is 45.9 Å². The van der Waals surface area contributed by atoms with Gasteiger partial charge < -0.3 is 9.26 Å². The van der Waals surface area contributed by atoms with E-state index in [2.05, 4.69) is 54.2 Å². The molecule has 0 saturated carbocycles. The number of carbonyl (C=O) groups excluding carboxylic acids is 1. The summed E-state index contributed by atoms with van der Waals surface area (Å²) < 4.78 is 11.9. The largest absolute Gasteiger partial charge is 0.469 e. The number of fused-ring (bicyclic) bond motifs is 1. The molecule has 0 aliphatic carbocycles. The van der Waals surface area contributed by atoms with Crippen molar-refractivity contribution in [1.29, 1.82) is 0 Å². The van der Waals surface area contributed by atoms with Gasteiger partial charge in [-0.05, 0) is 47.6 Å². The molecular formula is C23H29N3O3S. The van der Waals surface area contributed by atoms with Crippen LogP contribution < -0.4 is 0 Å². The summed E-state index contributed by atoms with van der Waals surface area (Å²) in [6.45, 7) is 10.4. The summed E-state index contributed by atoms with van der Waals surface area (Å²) in [4.78, 5) is 19.2. The molecule has 1 fully saturated rings. The van der Waals surface area contributed by atoms with E-state index in [1.165, 1.54) is 7.11 Å². The SMILES string of the molecule is COC(=O)C1C[C@@H](C(C)(C)C)CN(C(C)c2cc(-c3nccc4ccsc34)on2)C1. The molecule has 0 amide bonds. The van der Waals surface area contributed by atoms with E-state index in [-0.39, 0.29) is 23.3 Å². The van der Waals surface area contributed by atoms with Crippen LogP contribution >= 0.6 is 11.3 Å². The van der Waals surface area contributed by atoms with Crippen molar-refractivity contribution in [3.05, 3.63) is 35.5 Å². The first kappa shape index (κ1) is 21.0. The van der Waals surface area contributed by atoms with E-state index in [4.69, 9.17) is 9.26 Å². The van der Waals surface area contributed by atoms with Gasteiger partial charge >= 0.3 is 5.97 Å². The van der Waals surface area contributed by atoms with Gasteiger partial charge in [0.15, 0.2) is 5.76 Å². The monoisotopic (exact) mass is 427 g/mol. The van der Waals surface area contributed by atoms with E-state index >= 15 is 0 Å². The van der Waals surface area contributed by atoms with Gasteiger partial charge in [-0.1, -0.05) is 25.9 Å². The molecular weight excluding hydrogens is 398 g/mol. The van der Waals surface area contributed by atoms with Crippen molar-refractivity contribution >= 4 is 27.4 Å². The number of likely N-dealkylation sites (tertiary alicyclic amines) is 1. The Kier molecular flexibility index (Phi) is 5.68. The summed E-state index contributed by atoms with van der Waals surface area (Å²) in [5.74, 6) is 0.823. The molecule has 4 rings (SSSR count). The van der Waals surface area contributed by atoms with E-state index < -0.39 is 0 Å². The lowest BCUT2D eigenvalue weighted by molar-refractivity contribution is -0.149. The van der Waals surface area contributed by atoms with Crippen LogP contribution in [-0.2, 0) is 9.53 Å². The zero-order valence-corrected chi connectivity index (χ0v) is 19.0. The molecule has 160 valence electrons. The maximum Gasteiger partial charge on any atom is 0.309 e. The molecule has 3 aromatic rings. The molecule has 2 unspecified atom stereocenters. The van der Waals surface area contributed by atoms with Crippen LogP contribution in [0.15, 0.2) is 34.3 Å². The minimum atomic E-state index is -0.129. The molecule has 1 saturated heterocycles. The Bertz CT molecular complexity index is 1040. The Morgan fingerprint density at radius 3 is 2.87 bits per heavy atom. The van der Waals surface area contributed by atoms with Crippen LogP contribution in [-0.4, -0.2) is 41.2 Å². The Morgan fingerprint density at radius 2 is 2.13 bits per heavy atom. The average molecular weight is 428 g/mol. The number of hydrogen-bond acceptors (Lipinski definition) is 7. The summed E-state index contributed by atoms with van der Waals surface area (Å²) in [6.07, 6.45) is 2.66. The minimum absolute atomic E-state index is 0.0299. The molecule has 1 aliphatic heterocycles. The standard InChI is InChI=1S/C23H29N3O3S/c1-14(26-12-16(22(27)28-5)10-17(13-26)23(2,3)4)18-11-19(29-25-18)20-21-15(6-8-24-20)7-9-30-21/h6-9,11,14,16-17H,10,12-13H2,1-5H3/t14?,16?,17-/m1/s1. The maximum absolute atomic E-state index is 12.3. The molecule has 0 spiro atoms. The average Bonchev–Trinajstić information content (AvgIpc) is 3.41. The fourth-order valence-corrected chi connectivity index (χ4v) is 5.16.